The average molecular weight is 1040 g/mol. The van der Waals surface area contributed by atoms with Crippen LogP contribution >= 0.6 is 12.0 Å². The molecule has 4 aromatic rings. The molecule has 4 aromatic carbocycles. The number of rotatable bonds is 15. The van der Waals surface area contributed by atoms with Crippen LogP contribution in [-0.4, -0.2) is 128 Å². The average Bonchev–Trinajstić information content (AvgIpc) is 3.87. The molecular weight excluding hydrogens is 985 g/mol. The summed E-state index contributed by atoms with van der Waals surface area (Å²) < 4.78 is 115. The van der Waals surface area contributed by atoms with Gasteiger partial charge in [-0.3, -0.25) is 13.7 Å². The number of piperazine rings is 1. The normalized spacial score (nSPS) is 19.5. The van der Waals surface area contributed by atoms with E-state index in [4.69, 9.17) is 9.99 Å². The van der Waals surface area contributed by atoms with Crippen molar-refractivity contribution in [3.05, 3.63) is 119 Å². The highest BCUT2D eigenvalue weighted by Crippen LogP contribution is 2.51. The van der Waals surface area contributed by atoms with Gasteiger partial charge in [-0.05, 0) is 114 Å². The van der Waals surface area contributed by atoms with Gasteiger partial charge >= 0.3 is 6.09 Å². The predicted molar refractivity (Wildman–Crippen MR) is 266 cm³/mol. The topological polar surface area (TPSA) is 241 Å². The molecule has 70 heavy (non-hydrogen) atoms. The third-order valence-corrected chi connectivity index (χ3v) is 16.3. The summed E-state index contributed by atoms with van der Waals surface area (Å²) >= 11 is 0.837. The molecule has 0 radical (unpaired) electrons. The Kier molecular flexibility index (Phi) is 14.2. The predicted octanol–water partition coefficient (Wildman–Crippen LogP) is 7.81. The van der Waals surface area contributed by atoms with Crippen LogP contribution in [0.4, 0.5) is 16.2 Å². The van der Waals surface area contributed by atoms with Crippen molar-refractivity contribution in [2.45, 2.75) is 68.1 Å². The van der Waals surface area contributed by atoms with E-state index in [9.17, 15) is 43.7 Å². The van der Waals surface area contributed by atoms with E-state index >= 15 is 0 Å². The van der Waals surface area contributed by atoms with Gasteiger partial charge in [0.05, 0.1) is 34.7 Å². The molecule has 1 saturated heterocycles. The van der Waals surface area contributed by atoms with Crippen LogP contribution in [0.5, 0.6) is 0 Å². The number of fused-ring (bicyclic) bond motifs is 6. The zero-order chi connectivity index (χ0) is 50.6. The monoisotopic (exact) mass is 1040 g/mol. The number of hydrogen-bond donors (Lipinski definition) is 4. The molecule has 0 atom stereocenters. The third kappa shape index (κ3) is 10.3. The van der Waals surface area contributed by atoms with Crippen molar-refractivity contribution in [1.82, 2.24) is 9.80 Å². The quantitative estimate of drug-likeness (QED) is 0.0292. The van der Waals surface area contributed by atoms with Gasteiger partial charge in [0.2, 0.25) is 5.69 Å². The first-order valence-electron chi connectivity index (χ1n) is 22.5. The minimum Gasteiger partial charge on any atom is -0.450 e. The van der Waals surface area contributed by atoms with Crippen LogP contribution in [0.3, 0.4) is 0 Å². The van der Waals surface area contributed by atoms with Gasteiger partial charge < -0.3 is 19.4 Å². The summed E-state index contributed by atoms with van der Waals surface area (Å²) in [5.41, 5.74) is 6.18. The number of allylic oxidation sites excluding steroid dienone is 7. The zero-order valence-corrected chi connectivity index (χ0v) is 42.4. The van der Waals surface area contributed by atoms with Gasteiger partial charge in [-0.25, -0.2) is 10.1 Å². The third-order valence-electron chi connectivity index (χ3n) is 13.5. The van der Waals surface area contributed by atoms with E-state index in [2.05, 4.69) is 28.1 Å². The number of ether oxygens (including phenoxy) is 1. The Morgan fingerprint density at radius 3 is 2.13 bits per heavy atom. The fraction of sp³-hybridized carbons (Fsp3) is 0.375. The first-order valence-corrected chi connectivity index (χ1v) is 27.9. The van der Waals surface area contributed by atoms with E-state index in [0.717, 1.165) is 67.9 Å². The summed E-state index contributed by atoms with van der Waals surface area (Å²) in [6, 6.07) is 17.3. The molecule has 1 aliphatic carbocycles. The largest absolute Gasteiger partial charge is 0.450 e. The maximum atomic E-state index is 12.8. The van der Waals surface area contributed by atoms with Gasteiger partial charge in [0, 0.05) is 77.8 Å². The van der Waals surface area contributed by atoms with Gasteiger partial charge in [0.1, 0.15) is 5.75 Å². The molecule has 1 fully saturated rings. The molecule has 0 aromatic heterocycles. The number of amides is 1. The van der Waals surface area contributed by atoms with E-state index < -0.39 is 58.8 Å². The molecule has 0 unspecified atom stereocenters. The Balaban J connectivity index is 1.24. The van der Waals surface area contributed by atoms with Gasteiger partial charge in [0.25, 0.3) is 30.4 Å². The summed E-state index contributed by atoms with van der Waals surface area (Å²) in [5.74, 6) is -1.08. The van der Waals surface area contributed by atoms with E-state index in [-0.39, 0.29) is 24.6 Å². The van der Waals surface area contributed by atoms with E-state index in [0.29, 0.717) is 60.4 Å². The number of hydrogen-bond acceptors (Lipinski definition) is 14. The van der Waals surface area contributed by atoms with Crippen molar-refractivity contribution in [2.75, 3.05) is 62.3 Å². The second-order valence-corrected chi connectivity index (χ2v) is 23.9. The molecule has 1 amide bonds. The molecule has 0 bridgehead atoms. The van der Waals surface area contributed by atoms with Crippen molar-refractivity contribution in [3.63, 3.8) is 0 Å². The van der Waals surface area contributed by atoms with Crippen LogP contribution in [0.15, 0.2) is 117 Å². The van der Waals surface area contributed by atoms with E-state index in [1.54, 1.807) is 30.0 Å². The molecule has 3 aliphatic heterocycles. The first-order chi connectivity index (χ1) is 32.9. The second kappa shape index (κ2) is 19.5. The van der Waals surface area contributed by atoms with Crippen LogP contribution in [-0.2, 0) is 55.3 Å². The van der Waals surface area contributed by atoms with Gasteiger partial charge in [-0.15, -0.1) is 4.33 Å². The fourth-order valence-corrected chi connectivity index (χ4v) is 12.2. The molecule has 0 spiro atoms. The lowest BCUT2D eigenvalue weighted by Crippen LogP contribution is -2.48. The molecule has 4 N–H and O–H groups in total. The SMILES string of the molecule is CCOC(=O)N1CCN(C2=C(C=CC3=[N+](CCS(=O)(=O)O)c4ccc5cc(SOOO)ccc5c4C3(C)C)CCC2=C/C=C2/N(CCS(=O)(=O)O)c3ccc4cc(S(=O)(=O)O)ccc4c3C2(C)C)CC1. The molecule has 374 valence electrons. The Morgan fingerprint density at radius 2 is 1.46 bits per heavy atom. The van der Waals surface area contributed by atoms with Gasteiger partial charge in [-0.1, -0.05) is 49.2 Å². The van der Waals surface area contributed by atoms with Crippen molar-refractivity contribution in [3.8, 4) is 0 Å². The number of benzene rings is 4. The zero-order valence-electron chi connectivity index (χ0n) is 39.2. The smallest absolute Gasteiger partial charge is 0.409 e. The van der Waals surface area contributed by atoms with Crippen molar-refractivity contribution in [2.24, 2.45) is 0 Å². The summed E-state index contributed by atoms with van der Waals surface area (Å²) in [4.78, 5) is 19.0. The fourth-order valence-electron chi connectivity index (χ4n) is 10.4. The lowest BCUT2D eigenvalue weighted by atomic mass is 9.79. The van der Waals surface area contributed by atoms with Crippen molar-refractivity contribution < 1.29 is 67.6 Å². The second-order valence-electron chi connectivity index (χ2n) is 18.5. The van der Waals surface area contributed by atoms with Crippen LogP contribution in [0.2, 0.25) is 0 Å². The van der Waals surface area contributed by atoms with Gasteiger partial charge in [0.15, 0.2) is 12.3 Å². The Bertz CT molecular complexity index is 3300. The van der Waals surface area contributed by atoms with Crippen LogP contribution in [0.1, 0.15) is 58.6 Å². The standard InChI is InChI=1S/C48H54N4O14S4/c1-6-64-46(53)50-23-21-49(22-24-50)45-31(11-19-41-47(2,3)43-37-15-13-35(67-66-65-54)29-33(37)9-17-39(43)51(41)25-27-68(55,56)57)7-8-32(45)12-20-42-48(4,5)44-38-16-14-36(70(61,62)63)30-34(38)10-18-40(44)52(42)26-28-69(58,59)60/h9-20,29-30H,6-8,21-28H2,1-5H3,(H3-,54,55,56,57,58,59,60,61,62,63)/p+1. The number of carbonyl (C=O) groups is 1. The van der Waals surface area contributed by atoms with E-state index in [1.807, 2.05) is 78.0 Å². The summed E-state index contributed by atoms with van der Waals surface area (Å²) in [6.07, 6.45) is 8.87. The highest BCUT2D eigenvalue weighted by atomic mass is 32.2. The molecule has 8 rings (SSSR count). The lowest BCUT2D eigenvalue weighted by Gasteiger charge is -2.37. The van der Waals surface area contributed by atoms with Crippen molar-refractivity contribution >= 4 is 87.1 Å². The van der Waals surface area contributed by atoms with Crippen molar-refractivity contribution in [1.29, 1.82) is 0 Å². The number of anilines is 1. The minimum atomic E-state index is -4.49. The molecule has 22 heteroatoms. The highest BCUT2D eigenvalue weighted by molar-refractivity contribution is 7.94. The molecule has 3 heterocycles. The number of nitrogens with zero attached hydrogens (tertiary/aromatic N) is 4. The Labute approximate surface area is 411 Å². The van der Waals surface area contributed by atoms with Crippen LogP contribution in [0, 0.1) is 0 Å². The first kappa shape index (κ1) is 51.2. The molecule has 4 aliphatic rings. The lowest BCUT2D eigenvalue weighted by molar-refractivity contribution is -0.432. The highest BCUT2D eigenvalue weighted by Gasteiger charge is 2.46. The van der Waals surface area contributed by atoms with Crippen LogP contribution < -0.4 is 4.90 Å². The molecule has 0 saturated carbocycles. The summed E-state index contributed by atoms with van der Waals surface area (Å²) in [6.45, 7) is 11.8. The minimum absolute atomic E-state index is 0.0280. The maximum absolute atomic E-state index is 12.8. The van der Waals surface area contributed by atoms with Crippen LogP contribution in [0.25, 0.3) is 21.5 Å². The molecule has 18 nitrogen and oxygen atoms in total. The Morgan fingerprint density at radius 1 is 0.786 bits per heavy atom. The number of carbonyl (C=O) groups excluding carboxylic acids is 1. The maximum Gasteiger partial charge on any atom is 0.409 e. The Hall–Kier alpha value is -5.14. The molecular formula is C48H55N4O14S4+. The van der Waals surface area contributed by atoms with Gasteiger partial charge in [-0.2, -0.15) is 29.8 Å². The summed E-state index contributed by atoms with van der Waals surface area (Å²) in [5, 5.41) is 15.5. The summed E-state index contributed by atoms with van der Waals surface area (Å²) in [7, 11) is -13.2. The van der Waals surface area contributed by atoms with E-state index in [1.165, 1.54) is 12.1 Å².